The molecular weight excluding hydrogens is 212 g/mol. The summed E-state index contributed by atoms with van der Waals surface area (Å²) >= 11 is 0. The Balaban J connectivity index is 3.68. The van der Waals surface area contributed by atoms with Crippen LogP contribution in [0.15, 0.2) is 0 Å². The van der Waals surface area contributed by atoms with E-state index < -0.39 is 0 Å². The third-order valence-electron chi connectivity index (χ3n) is 3.22. The summed E-state index contributed by atoms with van der Waals surface area (Å²) in [6.07, 6.45) is 11.2. The number of unbranched alkanes of at least 4 members (excludes halogenated alkanes) is 6. The predicted molar refractivity (Wildman–Crippen MR) is 72.1 cm³/mol. The lowest BCUT2D eigenvalue weighted by Crippen LogP contribution is -2.15. The molecule has 0 amide bonds. The van der Waals surface area contributed by atoms with Gasteiger partial charge in [0.25, 0.3) is 0 Å². The van der Waals surface area contributed by atoms with Gasteiger partial charge in [-0.15, -0.1) is 0 Å². The summed E-state index contributed by atoms with van der Waals surface area (Å²) in [6.45, 7) is 4.32. The zero-order chi connectivity index (χ0) is 12.9. The molecule has 2 heteroatoms. The van der Waals surface area contributed by atoms with Crippen LogP contribution in [0.25, 0.3) is 0 Å². The molecule has 0 aromatic heterocycles. The van der Waals surface area contributed by atoms with Gasteiger partial charge in [0, 0.05) is 6.42 Å². The fraction of sp³-hybridized carbons (Fsp3) is 0.867. The highest BCUT2D eigenvalue weighted by Crippen LogP contribution is 2.14. The number of rotatable bonds is 12. The van der Waals surface area contributed by atoms with Gasteiger partial charge in [-0.3, -0.25) is 4.79 Å². The molecule has 0 saturated heterocycles. The van der Waals surface area contributed by atoms with E-state index in [1.165, 1.54) is 25.7 Å². The van der Waals surface area contributed by atoms with Crippen molar-refractivity contribution in [3.8, 4) is 0 Å². The molecular formula is C15H28O2. The molecule has 0 fully saturated rings. The average Bonchev–Trinajstić information content (AvgIpc) is 2.34. The Morgan fingerprint density at radius 2 is 1.53 bits per heavy atom. The SMILES string of the molecule is CCCCCCC(=O)C(C=O)CCCCCC. The number of carbonyl (C=O) groups excluding carboxylic acids is 2. The summed E-state index contributed by atoms with van der Waals surface area (Å²) in [6, 6.07) is 0. The number of Topliss-reactive ketones (excluding diaryl/α,β-unsaturated/α-hetero) is 1. The second-order valence-electron chi connectivity index (χ2n) is 4.87. The minimum absolute atomic E-state index is 0.160. The topological polar surface area (TPSA) is 34.1 Å². The van der Waals surface area contributed by atoms with Gasteiger partial charge in [0.05, 0.1) is 5.92 Å². The fourth-order valence-electron chi connectivity index (χ4n) is 2.01. The Morgan fingerprint density at radius 3 is 2.06 bits per heavy atom. The van der Waals surface area contributed by atoms with Crippen LogP contribution >= 0.6 is 0 Å². The van der Waals surface area contributed by atoms with Crippen molar-refractivity contribution in [2.45, 2.75) is 78.1 Å². The van der Waals surface area contributed by atoms with Crippen molar-refractivity contribution < 1.29 is 9.59 Å². The van der Waals surface area contributed by atoms with Gasteiger partial charge >= 0.3 is 0 Å². The lowest BCUT2D eigenvalue weighted by atomic mass is 9.94. The molecule has 0 aromatic carbocycles. The standard InChI is InChI=1S/C15H28O2/c1-3-5-7-9-11-14(13-16)15(17)12-10-8-6-4-2/h13-14H,3-12H2,1-2H3. The first-order chi connectivity index (χ1) is 8.26. The van der Waals surface area contributed by atoms with Crippen LogP contribution in [0, 0.1) is 5.92 Å². The van der Waals surface area contributed by atoms with E-state index in [2.05, 4.69) is 13.8 Å². The van der Waals surface area contributed by atoms with Gasteiger partial charge in [0.1, 0.15) is 12.1 Å². The molecule has 1 atom stereocenters. The van der Waals surface area contributed by atoms with Crippen LogP contribution in [0.3, 0.4) is 0 Å². The maximum absolute atomic E-state index is 11.8. The molecule has 0 heterocycles. The van der Waals surface area contributed by atoms with Crippen molar-refractivity contribution in [2.24, 2.45) is 5.92 Å². The van der Waals surface area contributed by atoms with Gasteiger partial charge in [-0.1, -0.05) is 58.8 Å². The molecule has 2 nitrogen and oxygen atoms in total. The summed E-state index contributed by atoms with van der Waals surface area (Å²) in [5, 5.41) is 0. The van der Waals surface area contributed by atoms with Crippen LogP contribution in [0.2, 0.25) is 0 Å². The summed E-state index contributed by atoms with van der Waals surface area (Å²) in [4.78, 5) is 22.6. The van der Waals surface area contributed by atoms with E-state index in [0.29, 0.717) is 6.42 Å². The van der Waals surface area contributed by atoms with E-state index in [0.717, 1.165) is 38.4 Å². The number of aldehydes is 1. The number of hydrogen-bond donors (Lipinski definition) is 0. The van der Waals surface area contributed by atoms with Crippen molar-refractivity contribution >= 4 is 12.1 Å². The van der Waals surface area contributed by atoms with E-state index >= 15 is 0 Å². The first-order valence-corrected chi connectivity index (χ1v) is 7.24. The third kappa shape index (κ3) is 9.08. The molecule has 1 unspecified atom stereocenters. The Bertz CT molecular complexity index is 199. The zero-order valence-corrected chi connectivity index (χ0v) is 11.5. The largest absolute Gasteiger partial charge is 0.303 e. The lowest BCUT2D eigenvalue weighted by Gasteiger charge is -2.08. The van der Waals surface area contributed by atoms with Gasteiger partial charge in [-0.25, -0.2) is 0 Å². The number of carbonyl (C=O) groups is 2. The van der Waals surface area contributed by atoms with E-state index in [1.54, 1.807) is 0 Å². The quantitative estimate of drug-likeness (QED) is 0.289. The van der Waals surface area contributed by atoms with Gasteiger partial charge in [-0.2, -0.15) is 0 Å². The highest BCUT2D eigenvalue weighted by Gasteiger charge is 2.16. The molecule has 0 aliphatic rings. The zero-order valence-electron chi connectivity index (χ0n) is 11.5. The summed E-state index contributed by atoms with van der Waals surface area (Å²) in [5.74, 6) is -0.166. The molecule has 100 valence electrons. The minimum atomic E-state index is -0.325. The Labute approximate surface area is 106 Å². The normalized spacial score (nSPS) is 12.4. The van der Waals surface area contributed by atoms with Crippen molar-refractivity contribution in [3.05, 3.63) is 0 Å². The average molecular weight is 240 g/mol. The van der Waals surface area contributed by atoms with Crippen LogP contribution < -0.4 is 0 Å². The number of ketones is 1. The van der Waals surface area contributed by atoms with E-state index in [1.807, 2.05) is 0 Å². The fourth-order valence-corrected chi connectivity index (χ4v) is 2.01. The minimum Gasteiger partial charge on any atom is -0.303 e. The van der Waals surface area contributed by atoms with Crippen molar-refractivity contribution in [1.29, 1.82) is 0 Å². The first-order valence-electron chi connectivity index (χ1n) is 7.24. The van der Waals surface area contributed by atoms with Gasteiger partial charge in [0.15, 0.2) is 0 Å². The Morgan fingerprint density at radius 1 is 0.941 bits per heavy atom. The molecule has 0 radical (unpaired) electrons. The van der Waals surface area contributed by atoms with Crippen molar-refractivity contribution in [3.63, 3.8) is 0 Å². The molecule has 0 rings (SSSR count). The smallest absolute Gasteiger partial charge is 0.143 e. The van der Waals surface area contributed by atoms with Crippen LogP contribution in [-0.2, 0) is 9.59 Å². The van der Waals surface area contributed by atoms with Crippen LogP contribution in [-0.4, -0.2) is 12.1 Å². The first kappa shape index (κ1) is 16.3. The molecule has 17 heavy (non-hydrogen) atoms. The van der Waals surface area contributed by atoms with E-state index in [-0.39, 0.29) is 11.7 Å². The summed E-state index contributed by atoms with van der Waals surface area (Å²) < 4.78 is 0. The van der Waals surface area contributed by atoms with Crippen molar-refractivity contribution in [1.82, 2.24) is 0 Å². The molecule has 0 saturated carbocycles. The predicted octanol–water partition coefficient (Wildman–Crippen LogP) is 4.31. The molecule has 0 spiro atoms. The van der Waals surface area contributed by atoms with Gasteiger partial charge in [0.2, 0.25) is 0 Å². The maximum atomic E-state index is 11.8. The second kappa shape index (κ2) is 11.8. The lowest BCUT2D eigenvalue weighted by molar-refractivity contribution is -0.127. The monoisotopic (exact) mass is 240 g/mol. The Hall–Kier alpha value is -0.660. The summed E-state index contributed by atoms with van der Waals surface area (Å²) in [7, 11) is 0. The van der Waals surface area contributed by atoms with E-state index in [4.69, 9.17) is 0 Å². The Kier molecular flexibility index (Phi) is 11.4. The highest BCUT2D eigenvalue weighted by atomic mass is 16.1. The van der Waals surface area contributed by atoms with Crippen LogP contribution in [0.4, 0.5) is 0 Å². The van der Waals surface area contributed by atoms with Gasteiger partial charge < -0.3 is 4.79 Å². The highest BCUT2D eigenvalue weighted by molar-refractivity contribution is 5.93. The number of hydrogen-bond acceptors (Lipinski definition) is 2. The third-order valence-corrected chi connectivity index (χ3v) is 3.22. The molecule has 0 aliphatic heterocycles. The van der Waals surface area contributed by atoms with Crippen molar-refractivity contribution in [2.75, 3.05) is 0 Å². The molecule has 0 aromatic rings. The van der Waals surface area contributed by atoms with Crippen LogP contribution in [0.1, 0.15) is 78.1 Å². The molecule has 0 bridgehead atoms. The maximum Gasteiger partial charge on any atom is 0.143 e. The van der Waals surface area contributed by atoms with Gasteiger partial charge in [-0.05, 0) is 12.8 Å². The van der Waals surface area contributed by atoms with E-state index in [9.17, 15) is 9.59 Å². The molecule has 0 aliphatic carbocycles. The second-order valence-corrected chi connectivity index (χ2v) is 4.87. The molecule has 0 N–H and O–H groups in total. The summed E-state index contributed by atoms with van der Waals surface area (Å²) in [5.41, 5.74) is 0. The van der Waals surface area contributed by atoms with Crippen LogP contribution in [0.5, 0.6) is 0 Å².